The molecule has 0 radical (unpaired) electrons. The standard InChI is InChI=1S/C18H18Cl2N2O3/c1-21-13-5-3-4-11(8-13)9-16(18(24)25-2)22-17(23)14-10-12(19)6-7-15(14)20/h3-8,10,16,21H,9H2,1-2H3,(H,22,23)/t16-/m0/s1. The fourth-order valence-corrected chi connectivity index (χ4v) is 2.71. The number of amides is 1. The lowest BCUT2D eigenvalue weighted by atomic mass is 10.0. The highest BCUT2D eigenvalue weighted by Crippen LogP contribution is 2.21. The van der Waals surface area contributed by atoms with Gasteiger partial charge in [-0.3, -0.25) is 4.79 Å². The van der Waals surface area contributed by atoms with Gasteiger partial charge in [0.2, 0.25) is 0 Å². The molecular weight excluding hydrogens is 363 g/mol. The van der Waals surface area contributed by atoms with E-state index in [-0.39, 0.29) is 17.0 Å². The summed E-state index contributed by atoms with van der Waals surface area (Å²) in [5.74, 6) is -1.03. The summed E-state index contributed by atoms with van der Waals surface area (Å²) in [4.78, 5) is 24.6. The minimum Gasteiger partial charge on any atom is -0.467 e. The zero-order valence-corrected chi connectivity index (χ0v) is 15.3. The highest BCUT2D eigenvalue weighted by Gasteiger charge is 2.24. The average Bonchev–Trinajstić information content (AvgIpc) is 2.62. The maximum absolute atomic E-state index is 12.5. The van der Waals surface area contributed by atoms with Crippen LogP contribution in [0.15, 0.2) is 42.5 Å². The van der Waals surface area contributed by atoms with E-state index in [4.69, 9.17) is 27.9 Å². The minimum atomic E-state index is -0.848. The van der Waals surface area contributed by atoms with E-state index >= 15 is 0 Å². The molecule has 0 bridgehead atoms. The number of nitrogens with one attached hydrogen (secondary N) is 2. The molecule has 0 heterocycles. The van der Waals surface area contributed by atoms with Crippen molar-refractivity contribution in [1.29, 1.82) is 0 Å². The zero-order chi connectivity index (χ0) is 18.4. The molecule has 0 aliphatic rings. The summed E-state index contributed by atoms with van der Waals surface area (Å²) in [6.45, 7) is 0. The number of ether oxygens (including phenoxy) is 1. The van der Waals surface area contributed by atoms with Crippen molar-refractivity contribution in [2.75, 3.05) is 19.5 Å². The Labute approximate surface area is 156 Å². The minimum absolute atomic E-state index is 0.201. The lowest BCUT2D eigenvalue weighted by Gasteiger charge is -2.17. The number of methoxy groups -OCH3 is 1. The Balaban J connectivity index is 2.21. The monoisotopic (exact) mass is 380 g/mol. The van der Waals surface area contributed by atoms with Crippen molar-refractivity contribution >= 4 is 40.8 Å². The lowest BCUT2D eigenvalue weighted by Crippen LogP contribution is -2.43. The summed E-state index contributed by atoms with van der Waals surface area (Å²) in [5.41, 5.74) is 1.98. The maximum Gasteiger partial charge on any atom is 0.328 e. The Hall–Kier alpha value is -2.24. The number of hydrogen-bond donors (Lipinski definition) is 2. The van der Waals surface area contributed by atoms with E-state index in [1.54, 1.807) is 13.1 Å². The fraction of sp³-hybridized carbons (Fsp3) is 0.222. The number of carbonyl (C=O) groups is 2. The Bertz CT molecular complexity index is 781. The summed E-state index contributed by atoms with van der Waals surface area (Å²) in [6, 6.07) is 11.3. The van der Waals surface area contributed by atoms with Gasteiger partial charge in [-0.1, -0.05) is 35.3 Å². The van der Waals surface area contributed by atoms with Crippen LogP contribution in [0.25, 0.3) is 0 Å². The number of halogens is 2. The van der Waals surface area contributed by atoms with Crippen LogP contribution in [0.4, 0.5) is 5.69 Å². The predicted octanol–water partition coefficient (Wildman–Crippen LogP) is 3.55. The third-order valence-electron chi connectivity index (χ3n) is 3.62. The van der Waals surface area contributed by atoms with Crippen LogP contribution >= 0.6 is 23.2 Å². The smallest absolute Gasteiger partial charge is 0.328 e. The van der Waals surface area contributed by atoms with Crippen molar-refractivity contribution in [3.63, 3.8) is 0 Å². The van der Waals surface area contributed by atoms with Gasteiger partial charge in [-0.25, -0.2) is 4.79 Å². The molecule has 0 aliphatic carbocycles. The van der Waals surface area contributed by atoms with Crippen LogP contribution in [-0.4, -0.2) is 32.1 Å². The van der Waals surface area contributed by atoms with Gasteiger partial charge >= 0.3 is 5.97 Å². The third-order valence-corrected chi connectivity index (χ3v) is 4.18. The summed E-state index contributed by atoms with van der Waals surface area (Å²) in [7, 11) is 3.08. The Morgan fingerprint density at radius 2 is 1.92 bits per heavy atom. The van der Waals surface area contributed by atoms with Crippen LogP contribution in [0.2, 0.25) is 10.0 Å². The van der Waals surface area contributed by atoms with Gasteiger partial charge in [0.15, 0.2) is 0 Å². The summed E-state index contributed by atoms with van der Waals surface area (Å²) < 4.78 is 4.80. The number of carbonyl (C=O) groups excluding carboxylic acids is 2. The molecule has 0 saturated carbocycles. The molecule has 132 valence electrons. The van der Waals surface area contributed by atoms with E-state index in [2.05, 4.69) is 10.6 Å². The molecule has 1 amide bonds. The van der Waals surface area contributed by atoms with E-state index in [1.807, 2.05) is 24.3 Å². The van der Waals surface area contributed by atoms with Gasteiger partial charge in [0.25, 0.3) is 5.91 Å². The zero-order valence-electron chi connectivity index (χ0n) is 13.8. The van der Waals surface area contributed by atoms with E-state index in [0.29, 0.717) is 5.02 Å². The van der Waals surface area contributed by atoms with Crippen molar-refractivity contribution in [1.82, 2.24) is 5.32 Å². The second kappa shape index (κ2) is 8.74. The molecule has 0 fully saturated rings. The molecule has 0 unspecified atom stereocenters. The third kappa shape index (κ3) is 5.11. The molecule has 2 rings (SSSR count). The van der Waals surface area contributed by atoms with Crippen LogP contribution in [-0.2, 0) is 16.0 Å². The SMILES string of the molecule is CNc1cccc(C[C@H](NC(=O)c2cc(Cl)ccc2Cl)C(=O)OC)c1. The molecule has 5 nitrogen and oxygen atoms in total. The molecule has 2 aromatic carbocycles. The average molecular weight is 381 g/mol. The molecule has 2 N–H and O–H groups in total. The molecule has 0 aliphatic heterocycles. The quantitative estimate of drug-likeness (QED) is 0.751. The van der Waals surface area contributed by atoms with Crippen LogP contribution in [0, 0.1) is 0 Å². The van der Waals surface area contributed by atoms with Crippen molar-refractivity contribution in [3.8, 4) is 0 Å². The van der Waals surface area contributed by atoms with Crippen LogP contribution in [0.3, 0.4) is 0 Å². The Kier molecular flexibility index (Phi) is 6.67. The number of benzene rings is 2. The molecule has 0 saturated heterocycles. The van der Waals surface area contributed by atoms with Crippen molar-refractivity contribution in [2.24, 2.45) is 0 Å². The molecule has 25 heavy (non-hydrogen) atoms. The first-order valence-electron chi connectivity index (χ1n) is 7.55. The summed E-state index contributed by atoms with van der Waals surface area (Å²) in [6.07, 6.45) is 0.284. The van der Waals surface area contributed by atoms with Gasteiger partial charge in [0.1, 0.15) is 6.04 Å². The molecular formula is C18H18Cl2N2O3. The second-order valence-corrected chi connectivity index (χ2v) is 6.17. The van der Waals surface area contributed by atoms with Crippen LogP contribution < -0.4 is 10.6 Å². The number of anilines is 1. The predicted molar refractivity (Wildman–Crippen MR) is 99.4 cm³/mol. The molecule has 7 heteroatoms. The first-order chi connectivity index (χ1) is 11.9. The van der Waals surface area contributed by atoms with Crippen molar-refractivity contribution < 1.29 is 14.3 Å². The highest BCUT2D eigenvalue weighted by molar-refractivity contribution is 6.35. The number of hydrogen-bond acceptors (Lipinski definition) is 4. The Morgan fingerprint density at radius 3 is 2.60 bits per heavy atom. The molecule has 0 aromatic heterocycles. The Morgan fingerprint density at radius 1 is 1.16 bits per heavy atom. The molecule has 2 aromatic rings. The second-order valence-electron chi connectivity index (χ2n) is 5.33. The number of rotatable bonds is 6. The first kappa shape index (κ1) is 19.1. The van der Waals surface area contributed by atoms with E-state index in [1.165, 1.54) is 19.2 Å². The van der Waals surface area contributed by atoms with Gasteiger partial charge in [0.05, 0.1) is 17.7 Å². The summed E-state index contributed by atoms with van der Waals surface area (Å²) in [5, 5.41) is 6.32. The van der Waals surface area contributed by atoms with Gasteiger partial charge in [0, 0.05) is 24.2 Å². The van der Waals surface area contributed by atoms with E-state index < -0.39 is 17.9 Å². The molecule has 0 spiro atoms. The maximum atomic E-state index is 12.5. The topological polar surface area (TPSA) is 67.4 Å². The number of esters is 1. The fourth-order valence-electron chi connectivity index (χ4n) is 2.33. The molecule has 1 atom stereocenters. The van der Waals surface area contributed by atoms with Gasteiger partial charge < -0.3 is 15.4 Å². The highest BCUT2D eigenvalue weighted by atomic mass is 35.5. The van der Waals surface area contributed by atoms with Gasteiger partial charge in [-0.15, -0.1) is 0 Å². The van der Waals surface area contributed by atoms with Gasteiger partial charge in [-0.2, -0.15) is 0 Å². The van der Waals surface area contributed by atoms with Crippen molar-refractivity contribution in [3.05, 3.63) is 63.6 Å². The lowest BCUT2D eigenvalue weighted by molar-refractivity contribution is -0.142. The van der Waals surface area contributed by atoms with Crippen LogP contribution in [0.1, 0.15) is 15.9 Å². The largest absolute Gasteiger partial charge is 0.467 e. The summed E-state index contributed by atoms with van der Waals surface area (Å²) >= 11 is 12.0. The van der Waals surface area contributed by atoms with Gasteiger partial charge in [-0.05, 0) is 35.9 Å². The van der Waals surface area contributed by atoms with E-state index in [0.717, 1.165) is 11.3 Å². The van der Waals surface area contributed by atoms with Crippen LogP contribution in [0.5, 0.6) is 0 Å². The van der Waals surface area contributed by atoms with Crippen molar-refractivity contribution in [2.45, 2.75) is 12.5 Å². The normalized spacial score (nSPS) is 11.5. The van der Waals surface area contributed by atoms with E-state index in [9.17, 15) is 9.59 Å². The first-order valence-corrected chi connectivity index (χ1v) is 8.30.